The summed E-state index contributed by atoms with van der Waals surface area (Å²) in [4.78, 5) is 9.88. The van der Waals surface area contributed by atoms with Gasteiger partial charge >= 0.3 is 52.5 Å². The second-order valence-electron chi connectivity index (χ2n) is 0.569. The van der Waals surface area contributed by atoms with Gasteiger partial charge in [0, 0.05) is 0 Å². The third-order valence-electron chi connectivity index (χ3n) is 0.109. The Morgan fingerprint density at radius 3 is 2.20 bits per heavy atom. The molecule has 0 fully saturated rings. The van der Waals surface area contributed by atoms with E-state index in [4.69, 9.17) is 0 Å². The predicted octanol–water partition coefficient (Wildman–Crippen LogP) is 0.587. The molecule has 0 spiro atoms. The third kappa shape index (κ3) is 5.30. The fourth-order valence-corrected chi connectivity index (χ4v) is 0. The number of hydrogen-bond donors (Lipinski definition) is 0. The Balaban J connectivity index is 2.85. The average Bonchev–Trinajstić information content (AvgIpc) is 1.38. The van der Waals surface area contributed by atoms with Crippen molar-refractivity contribution < 1.29 is 4.79 Å². The summed E-state index contributed by atoms with van der Waals surface area (Å²) in [5, 5.41) is 0. The first-order valence-electron chi connectivity index (χ1n) is 1.06. The minimum absolute atomic E-state index is 0.408. The number of hydrogen-bond acceptors (Lipinski definition) is 1. The molecule has 0 radical (unpaired) electrons. The van der Waals surface area contributed by atoms with Gasteiger partial charge in [-0.15, -0.1) is 0 Å². The van der Waals surface area contributed by atoms with Crippen LogP contribution in [0.25, 0.3) is 0 Å². The molecule has 1 nitrogen and oxygen atoms in total. The molecule has 0 aromatic carbocycles. The molecule has 0 saturated heterocycles. The van der Waals surface area contributed by atoms with Crippen molar-refractivity contribution in [2.45, 2.75) is 6.92 Å². The van der Waals surface area contributed by atoms with Crippen molar-refractivity contribution in [2.75, 3.05) is 0 Å². The molecule has 0 aromatic rings. The van der Waals surface area contributed by atoms with Crippen molar-refractivity contribution in [3.63, 3.8) is 0 Å². The van der Waals surface area contributed by atoms with Crippen molar-refractivity contribution in [1.82, 2.24) is 0 Å². The van der Waals surface area contributed by atoms with Gasteiger partial charge in [0.25, 0.3) is 0 Å². The summed E-state index contributed by atoms with van der Waals surface area (Å²) in [6.45, 7) is 1.65. The molecule has 0 N–H and O–H groups in total. The molecule has 0 amide bonds. The quantitative estimate of drug-likeness (QED) is 0.610. The van der Waals surface area contributed by atoms with Crippen LogP contribution in [0.1, 0.15) is 6.92 Å². The van der Waals surface area contributed by atoms with E-state index < -0.39 is 19.3 Å². The molecule has 5 heavy (non-hydrogen) atoms. The van der Waals surface area contributed by atoms with E-state index in [0.29, 0.717) is 3.44 Å². The van der Waals surface area contributed by atoms with Crippen LogP contribution in [-0.2, 0) is 4.79 Å². The van der Waals surface area contributed by atoms with Gasteiger partial charge in [-0.2, -0.15) is 0 Å². The van der Waals surface area contributed by atoms with E-state index in [1.54, 1.807) is 6.92 Å². The fourth-order valence-electron chi connectivity index (χ4n) is 0. The zero-order valence-electron chi connectivity index (χ0n) is 2.69. The van der Waals surface area contributed by atoms with Crippen LogP contribution in [-0.4, -0.2) is 22.8 Å². The van der Waals surface area contributed by atoms with Crippen molar-refractivity contribution in [3.8, 4) is 0 Å². The number of carbonyl (C=O) groups excluding carboxylic acids is 1. The van der Waals surface area contributed by atoms with Gasteiger partial charge in [-0.1, -0.05) is 0 Å². The second kappa shape index (κ2) is 3.48. The van der Waals surface area contributed by atoms with Crippen LogP contribution >= 0.6 is 18.0 Å². The van der Waals surface area contributed by atoms with Crippen LogP contribution in [0.5, 0.6) is 0 Å². The zero-order valence-corrected chi connectivity index (χ0v) is 8.03. The zero-order chi connectivity index (χ0) is 4.28. The van der Waals surface area contributed by atoms with Gasteiger partial charge in [0.05, 0.1) is 0 Å². The van der Waals surface area contributed by atoms with E-state index in [2.05, 4.69) is 18.0 Å². The van der Waals surface area contributed by atoms with Crippen molar-refractivity contribution in [3.05, 3.63) is 0 Å². The van der Waals surface area contributed by atoms with Crippen LogP contribution < -0.4 is 0 Å². The summed E-state index contributed by atoms with van der Waals surface area (Å²) in [5.74, 6) is 0. The normalized spacial score (nSPS) is 7.60. The van der Waals surface area contributed by atoms with E-state index in [9.17, 15) is 4.79 Å². The Kier molecular flexibility index (Phi) is 4.39. The molecule has 0 aliphatic rings. The average molecular weight is 379 g/mol. The number of carbonyl (C=O) groups is 1. The van der Waals surface area contributed by atoms with Gasteiger partial charge in [-0.25, -0.2) is 0 Å². The summed E-state index contributed by atoms with van der Waals surface area (Å²) in [6, 6.07) is 0. The first-order valence-corrected chi connectivity index (χ1v) is 11.6. The molecule has 3 heteroatoms. The van der Waals surface area contributed by atoms with Gasteiger partial charge in [0.2, 0.25) is 0 Å². The number of halogens is 1. The van der Waals surface area contributed by atoms with Crippen LogP contribution in [0, 0.1) is 0 Å². The summed E-state index contributed by atoms with van der Waals surface area (Å²) >= 11 is 1.68. The predicted molar refractivity (Wildman–Crippen MR) is 30.5 cm³/mol. The molecule has 0 unspecified atom stereocenters. The second-order valence-corrected chi connectivity index (χ2v) is 7.27. The maximum absolute atomic E-state index is 9.88. The Labute approximate surface area is 51.9 Å². The molecule has 30 valence electrons. The molecule has 0 saturated carbocycles. The SMILES string of the molecule is C[C](=O)[Po][I]. The van der Waals surface area contributed by atoms with E-state index >= 15 is 0 Å². The van der Waals surface area contributed by atoms with Gasteiger partial charge in [0.1, 0.15) is 0 Å². The molecule has 0 aliphatic carbocycles. The molecule has 0 aromatic heterocycles. The Bertz CT molecular complexity index is 44.9. The Morgan fingerprint density at radius 2 is 2.20 bits per heavy atom. The molecular weight excluding hydrogens is 376 g/mol. The van der Waals surface area contributed by atoms with Crippen molar-refractivity contribution in [2.24, 2.45) is 0 Å². The monoisotopic (exact) mass is 379 g/mol. The standard InChI is InChI=1S/C2H3O.HI.Po/c1-2-3;;/h1H3;1H;/q;;+1/p-1. The Hall–Kier alpha value is 1.30. The fraction of sp³-hybridized carbons (Fsp3) is 0.500. The van der Waals surface area contributed by atoms with E-state index in [0.717, 1.165) is 0 Å². The molecule has 0 atom stereocenters. The third-order valence-corrected chi connectivity index (χ3v) is 6.40. The van der Waals surface area contributed by atoms with Crippen LogP contribution in [0.15, 0.2) is 0 Å². The summed E-state index contributed by atoms with van der Waals surface area (Å²) in [7, 11) is 0. The minimum atomic E-state index is -0.511. The molecule has 0 aliphatic heterocycles. The maximum atomic E-state index is 9.88. The van der Waals surface area contributed by atoms with Crippen LogP contribution in [0.2, 0.25) is 0 Å². The summed E-state index contributed by atoms with van der Waals surface area (Å²) in [5.41, 5.74) is 0. The Morgan fingerprint density at radius 1 is 2.00 bits per heavy atom. The van der Waals surface area contributed by atoms with Crippen LogP contribution in [0.4, 0.5) is 0 Å². The number of rotatable bonds is 1. The first kappa shape index (κ1) is 6.30. The van der Waals surface area contributed by atoms with Crippen molar-refractivity contribution >= 4 is 40.7 Å². The van der Waals surface area contributed by atoms with E-state index in [1.165, 1.54) is 0 Å². The van der Waals surface area contributed by atoms with Gasteiger partial charge in [0.15, 0.2) is 0 Å². The van der Waals surface area contributed by atoms with Gasteiger partial charge in [-0.05, 0) is 0 Å². The first-order chi connectivity index (χ1) is 2.27. The van der Waals surface area contributed by atoms with Crippen molar-refractivity contribution in [1.29, 1.82) is 0 Å². The molecule has 0 rings (SSSR count). The van der Waals surface area contributed by atoms with Gasteiger partial charge in [-0.3, -0.25) is 0 Å². The van der Waals surface area contributed by atoms with Crippen LogP contribution in [0.3, 0.4) is 0 Å². The summed E-state index contributed by atoms with van der Waals surface area (Å²) in [6.07, 6.45) is 0. The summed E-state index contributed by atoms with van der Waals surface area (Å²) < 4.78 is 0.408. The van der Waals surface area contributed by atoms with E-state index in [-0.39, 0.29) is 0 Å². The molecular formula is C2H3IOPo. The topological polar surface area (TPSA) is 17.1 Å². The molecule has 0 heterocycles. The van der Waals surface area contributed by atoms with E-state index in [1.807, 2.05) is 0 Å². The van der Waals surface area contributed by atoms with Gasteiger partial charge < -0.3 is 0 Å². The molecule has 0 bridgehead atoms.